The molecule has 0 bridgehead atoms. The van der Waals surface area contributed by atoms with Crippen LogP contribution in [0.25, 0.3) is 0 Å². The van der Waals surface area contributed by atoms with Crippen molar-refractivity contribution < 1.29 is 14.3 Å². The summed E-state index contributed by atoms with van der Waals surface area (Å²) < 4.78 is 5.61. The number of carbonyl (C=O) groups is 2. The Hall–Kier alpha value is -2.89. The molecule has 6 heteroatoms. The molecule has 0 aliphatic rings. The zero-order chi connectivity index (χ0) is 18.9. The molecule has 0 radical (unpaired) electrons. The molecule has 2 aromatic rings. The number of aromatic nitrogens is 1. The highest BCUT2D eigenvalue weighted by Gasteiger charge is 2.13. The molecule has 1 heterocycles. The van der Waals surface area contributed by atoms with Crippen molar-refractivity contribution in [1.29, 1.82) is 0 Å². The highest BCUT2D eigenvalue weighted by atomic mass is 16.5. The first-order chi connectivity index (χ1) is 12.5. The van der Waals surface area contributed by atoms with E-state index in [9.17, 15) is 9.59 Å². The number of carbonyl (C=O) groups excluding carboxylic acids is 2. The third-order valence-corrected chi connectivity index (χ3v) is 3.70. The van der Waals surface area contributed by atoms with E-state index in [0.29, 0.717) is 13.1 Å². The number of nitrogens with zero attached hydrogens (tertiary/aromatic N) is 2. The van der Waals surface area contributed by atoms with Gasteiger partial charge in [-0.05, 0) is 55.8 Å². The van der Waals surface area contributed by atoms with Gasteiger partial charge in [0, 0.05) is 44.5 Å². The molecule has 0 atom stereocenters. The van der Waals surface area contributed by atoms with Crippen LogP contribution in [-0.4, -0.2) is 29.4 Å². The second-order valence-electron chi connectivity index (χ2n) is 6.21. The van der Waals surface area contributed by atoms with Crippen molar-refractivity contribution in [2.45, 2.75) is 39.8 Å². The Morgan fingerprint density at radius 3 is 2.35 bits per heavy atom. The summed E-state index contributed by atoms with van der Waals surface area (Å²) in [6, 6.07) is 11.0. The minimum absolute atomic E-state index is 0.0915. The van der Waals surface area contributed by atoms with Gasteiger partial charge in [0.25, 0.3) is 0 Å². The first-order valence-electron chi connectivity index (χ1n) is 8.66. The Kier molecular flexibility index (Phi) is 7.14. The summed E-state index contributed by atoms with van der Waals surface area (Å²) in [6.45, 7) is 6.18. The Morgan fingerprint density at radius 2 is 1.77 bits per heavy atom. The van der Waals surface area contributed by atoms with Crippen LogP contribution in [0.15, 0.2) is 48.8 Å². The van der Waals surface area contributed by atoms with Gasteiger partial charge in [-0.2, -0.15) is 0 Å². The van der Waals surface area contributed by atoms with Crippen molar-refractivity contribution >= 4 is 17.5 Å². The quantitative estimate of drug-likeness (QED) is 0.790. The summed E-state index contributed by atoms with van der Waals surface area (Å²) in [5.74, 6) is 0.541. The lowest BCUT2D eigenvalue weighted by atomic mass is 10.2. The molecule has 0 aliphatic carbocycles. The first-order valence-corrected chi connectivity index (χ1v) is 8.66. The van der Waals surface area contributed by atoms with Gasteiger partial charge in [-0.25, -0.2) is 0 Å². The van der Waals surface area contributed by atoms with Crippen LogP contribution in [-0.2, 0) is 16.1 Å². The molecule has 0 aliphatic heterocycles. The van der Waals surface area contributed by atoms with Gasteiger partial charge in [0.2, 0.25) is 11.8 Å². The number of amides is 2. The number of rotatable bonds is 8. The lowest BCUT2D eigenvalue weighted by molar-refractivity contribution is -0.121. The van der Waals surface area contributed by atoms with E-state index in [2.05, 4.69) is 10.3 Å². The largest absolute Gasteiger partial charge is 0.491 e. The van der Waals surface area contributed by atoms with Crippen molar-refractivity contribution in [3.05, 3.63) is 54.4 Å². The molecule has 1 N–H and O–H groups in total. The van der Waals surface area contributed by atoms with Crippen LogP contribution in [0.1, 0.15) is 32.8 Å². The number of anilines is 1. The van der Waals surface area contributed by atoms with Gasteiger partial charge in [-0.15, -0.1) is 0 Å². The molecule has 1 aromatic carbocycles. The number of benzene rings is 1. The topological polar surface area (TPSA) is 71.5 Å². The van der Waals surface area contributed by atoms with E-state index >= 15 is 0 Å². The normalized spacial score (nSPS) is 10.5. The van der Waals surface area contributed by atoms with Crippen molar-refractivity contribution in [1.82, 2.24) is 10.3 Å². The molecule has 2 rings (SSSR count). The highest BCUT2D eigenvalue weighted by molar-refractivity contribution is 5.92. The Balaban J connectivity index is 1.89. The second-order valence-corrected chi connectivity index (χ2v) is 6.21. The van der Waals surface area contributed by atoms with Gasteiger partial charge < -0.3 is 15.0 Å². The van der Waals surface area contributed by atoms with Gasteiger partial charge in [-0.3, -0.25) is 14.6 Å². The molecule has 0 saturated heterocycles. The SMILES string of the molecule is CC(=O)N(CCC(=O)NCc1ccncc1)c1ccc(OC(C)C)cc1. The molecular formula is C20H25N3O3. The van der Waals surface area contributed by atoms with Crippen molar-refractivity contribution in [2.75, 3.05) is 11.4 Å². The van der Waals surface area contributed by atoms with E-state index in [0.717, 1.165) is 17.0 Å². The maximum atomic E-state index is 12.1. The van der Waals surface area contributed by atoms with Crippen molar-refractivity contribution in [3.63, 3.8) is 0 Å². The number of ether oxygens (including phenoxy) is 1. The molecule has 2 amide bonds. The number of hydrogen-bond acceptors (Lipinski definition) is 4. The summed E-state index contributed by atoms with van der Waals surface area (Å²) in [5.41, 5.74) is 1.73. The van der Waals surface area contributed by atoms with Crippen LogP contribution in [0.3, 0.4) is 0 Å². The molecule has 0 saturated carbocycles. The number of pyridine rings is 1. The van der Waals surface area contributed by atoms with E-state index in [1.165, 1.54) is 6.92 Å². The highest BCUT2D eigenvalue weighted by Crippen LogP contribution is 2.20. The van der Waals surface area contributed by atoms with Crippen LogP contribution < -0.4 is 15.0 Å². The minimum Gasteiger partial charge on any atom is -0.491 e. The fourth-order valence-corrected chi connectivity index (χ4v) is 2.45. The van der Waals surface area contributed by atoms with Crippen molar-refractivity contribution in [3.8, 4) is 5.75 Å². The third-order valence-electron chi connectivity index (χ3n) is 3.70. The number of hydrogen-bond donors (Lipinski definition) is 1. The maximum absolute atomic E-state index is 12.1. The Labute approximate surface area is 154 Å². The molecule has 26 heavy (non-hydrogen) atoms. The summed E-state index contributed by atoms with van der Waals surface area (Å²) in [7, 11) is 0. The van der Waals surface area contributed by atoms with E-state index in [1.807, 2.05) is 50.2 Å². The summed E-state index contributed by atoms with van der Waals surface area (Å²) in [5, 5.41) is 2.85. The van der Waals surface area contributed by atoms with Gasteiger partial charge in [-0.1, -0.05) is 0 Å². The zero-order valence-corrected chi connectivity index (χ0v) is 15.4. The second kappa shape index (κ2) is 9.56. The maximum Gasteiger partial charge on any atom is 0.223 e. The molecule has 138 valence electrons. The van der Waals surface area contributed by atoms with Crippen LogP contribution >= 0.6 is 0 Å². The zero-order valence-electron chi connectivity index (χ0n) is 15.4. The molecule has 0 spiro atoms. The van der Waals surface area contributed by atoms with E-state index in [1.54, 1.807) is 17.3 Å². The van der Waals surface area contributed by atoms with Gasteiger partial charge >= 0.3 is 0 Å². The average Bonchev–Trinajstić information content (AvgIpc) is 2.61. The fourth-order valence-electron chi connectivity index (χ4n) is 2.45. The first kappa shape index (κ1) is 19.4. The van der Waals surface area contributed by atoms with E-state index < -0.39 is 0 Å². The predicted octanol–water partition coefficient (Wildman–Crippen LogP) is 2.93. The van der Waals surface area contributed by atoms with E-state index in [-0.39, 0.29) is 24.3 Å². The standard InChI is InChI=1S/C20H25N3O3/c1-15(2)26-19-6-4-18(5-7-19)23(16(3)24)13-10-20(25)22-14-17-8-11-21-12-9-17/h4-9,11-12,15H,10,13-14H2,1-3H3,(H,22,25). The molecular weight excluding hydrogens is 330 g/mol. The fraction of sp³-hybridized carbons (Fsp3) is 0.350. The number of nitrogens with one attached hydrogen (secondary N) is 1. The van der Waals surface area contributed by atoms with Gasteiger partial charge in [0.1, 0.15) is 5.75 Å². The van der Waals surface area contributed by atoms with Crippen LogP contribution in [0.5, 0.6) is 5.75 Å². The average molecular weight is 355 g/mol. The van der Waals surface area contributed by atoms with Gasteiger partial charge in [0.05, 0.1) is 6.10 Å². The third kappa shape index (κ3) is 6.20. The lowest BCUT2D eigenvalue weighted by Crippen LogP contribution is -2.33. The predicted molar refractivity (Wildman–Crippen MR) is 101 cm³/mol. The van der Waals surface area contributed by atoms with Gasteiger partial charge in [0.15, 0.2) is 0 Å². The summed E-state index contributed by atoms with van der Waals surface area (Å²) in [4.78, 5) is 29.5. The summed E-state index contributed by atoms with van der Waals surface area (Å²) >= 11 is 0. The molecule has 6 nitrogen and oxygen atoms in total. The molecule has 0 unspecified atom stereocenters. The van der Waals surface area contributed by atoms with Crippen LogP contribution in [0.2, 0.25) is 0 Å². The Bertz CT molecular complexity index is 715. The smallest absolute Gasteiger partial charge is 0.223 e. The molecule has 1 aromatic heterocycles. The summed E-state index contributed by atoms with van der Waals surface area (Å²) in [6.07, 6.45) is 3.69. The minimum atomic E-state index is -0.107. The van der Waals surface area contributed by atoms with E-state index in [4.69, 9.17) is 4.74 Å². The Morgan fingerprint density at radius 1 is 1.12 bits per heavy atom. The van der Waals surface area contributed by atoms with Crippen molar-refractivity contribution in [2.24, 2.45) is 0 Å². The van der Waals surface area contributed by atoms with Crippen LogP contribution in [0, 0.1) is 0 Å². The monoisotopic (exact) mass is 355 g/mol. The molecule has 0 fully saturated rings. The lowest BCUT2D eigenvalue weighted by Gasteiger charge is -2.21. The van der Waals surface area contributed by atoms with Crippen LogP contribution in [0.4, 0.5) is 5.69 Å².